The van der Waals surface area contributed by atoms with Crippen molar-refractivity contribution >= 4 is 5.97 Å². The van der Waals surface area contributed by atoms with Crippen LogP contribution >= 0.6 is 0 Å². The van der Waals surface area contributed by atoms with Crippen LogP contribution in [0, 0.1) is 0 Å². The third kappa shape index (κ3) is 3.24. The van der Waals surface area contributed by atoms with Gasteiger partial charge >= 0.3 is 5.97 Å². The largest absolute Gasteiger partial charge is 0.480 e. The van der Waals surface area contributed by atoms with Crippen LogP contribution in [0.3, 0.4) is 0 Å². The first-order valence-corrected chi connectivity index (χ1v) is 5.59. The molecule has 0 spiro atoms. The molecule has 0 unspecified atom stereocenters. The number of carbonyl (C=O) groups excluding carboxylic acids is 1. The maximum atomic E-state index is 11.2. The standard InChI is InChI=1S/C11H12N4O4/c1-3-18-10(16)6-9-12-11(15-19-9)7-4-5-8(17-2)14-13-7/h4-5H,3,6H2,1-2H3. The highest BCUT2D eigenvalue weighted by atomic mass is 16.5. The topological polar surface area (TPSA) is 100 Å². The minimum absolute atomic E-state index is 0.0651. The first-order valence-electron chi connectivity index (χ1n) is 5.59. The van der Waals surface area contributed by atoms with Gasteiger partial charge in [0, 0.05) is 6.07 Å². The first kappa shape index (κ1) is 12.9. The van der Waals surface area contributed by atoms with Crippen LogP contribution in [0.1, 0.15) is 12.8 Å². The average molecular weight is 264 g/mol. The van der Waals surface area contributed by atoms with Crippen LogP contribution in [-0.2, 0) is 16.0 Å². The summed E-state index contributed by atoms with van der Waals surface area (Å²) >= 11 is 0. The van der Waals surface area contributed by atoms with E-state index in [4.69, 9.17) is 14.0 Å². The molecule has 19 heavy (non-hydrogen) atoms. The van der Waals surface area contributed by atoms with E-state index in [1.54, 1.807) is 19.1 Å². The quantitative estimate of drug-likeness (QED) is 0.725. The van der Waals surface area contributed by atoms with Gasteiger partial charge in [-0.3, -0.25) is 4.79 Å². The van der Waals surface area contributed by atoms with E-state index in [-0.39, 0.29) is 18.1 Å². The summed E-state index contributed by atoms with van der Waals surface area (Å²) in [7, 11) is 1.50. The van der Waals surface area contributed by atoms with Crippen molar-refractivity contribution < 1.29 is 18.8 Å². The number of hydrogen-bond donors (Lipinski definition) is 0. The van der Waals surface area contributed by atoms with Crippen molar-refractivity contribution in [1.82, 2.24) is 20.3 Å². The molecule has 0 fully saturated rings. The number of carbonyl (C=O) groups is 1. The third-order valence-corrected chi connectivity index (χ3v) is 2.15. The number of esters is 1. The Labute approximate surface area is 108 Å². The summed E-state index contributed by atoms with van der Waals surface area (Å²) in [5.74, 6) is 0.401. The second-order valence-electron chi connectivity index (χ2n) is 3.45. The summed E-state index contributed by atoms with van der Waals surface area (Å²) in [6, 6.07) is 3.27. The van der Waals surface area contributed by atoms with E-state index in [1.165, 1.54) is 7.11 Å². The van der Waals surface area contributed by atoms with Gasteiger partial charge in [-0.2, -0.15) is 4.98 Å². The van der Waals surface area contributed by atoms with Gasteiger partial charge in [-0.1, -0.05) is 5.16 Å². The maximum absolute atomic E-state index is 11.2. The Bertz CT molecular complexity index is 552. The molecule has 0 aromatic carbocycles. The van der Waals surface area contributed by atoms with Gasteiger partial charge in [-0.15, -0.1) is 10.2 Å². The minimum Gasteiger partial charge on any atom is -0.480 e. The molecule has 8 nitrogen and oxygen atoms in total. The van der Waals surface area contributed by atoms with E-state index in [0.717, 1.165) is 0 Å². The predicted molar refractivity (Wildman–Crippen MR) is 62.2 cm³/mol. The summed E-state index contributed by atoms with van der Waals surface area (Å²) in [5, 5.41) is 11.4. The van der Waals surface area contributed by atoms with E-state index < -0.39 is 5.97 Å². The fourth-order valence-electron chi connectivity index (χ4n) is 1.31. The lowest BCUT2D eigenvalue weighted by molar-refractivity contribution is -0.142. The Balaban J connectivity index is 2.09. The van der Waals surface area contributed by atoms with Crippen molar-refractivity contribution in [2.45, 2.75) is 13.3 Å². The summed E-state index contributed by atoms with van der Waals surface area (Å²) in [5.41, 5.74) is 0.430. The number of ether oxygens (including phenoxy) is 2. The second kappa shape index (κ2) is 5.89. The first-order chi connectivity index (χ1) is 9.22. The average Bonchev–Trinajstić information content (AvgIpc) is 2.87. The number of rotatable bonds is 5. The molecule has 2 rings (SSSR count). The summed E-state index contributed by atoms with van der Waals surface area (Å²) in [4.78, 5) is 15.3. The van der Waals surface area contributed by atoms with Gasteiger partial charge in [0.05, 0.1) is 13.7 Å². The van der Waals surface area contributed by atoms with Gasteiger partial charge in [0.25, 0.3) is 0 Å². The van der Waals surface area contributed by atoms with E-state index in [1.807, 2.05) is 0 Å². The number of nitrogens with zero attached hydrogens (tertiary/aromatic N) is 4. The highest BCUT2D eigenvalue weighted by molar-refractivity contribution is 5.71. The zero-order valence-electron chi connectivity index (χ0n) is 10.5. The summed E-state index contributed by atoms with van der Waals surface area (Å²) in [6.45, 7) is 2.04. The molecular weight excluding hydrogens is 252 g/mol. The molecule has 0 aliphatic heterocycles. The Morgan fingerprint density at radius 1 is 1.37 bits per heavy atom. The molecule has 0 N–H and O–H groups in total. The van der Waals surface area contributed by atoms with Crippen molar-refractivity contribution in [3.05, 3.63) is 18.0 Å². The molecule has 2 heterocycles. The van der Waals surface area contributed by atoms with Gasteiger partial charge < -0.3 is 14.0 Å². The number of methoxy groups -OCH3 is 1. The molecule has 8 heteroatoms. The molecule has 0 aliphatic carbocycles. The Kier molecular flexibility index (Phi) is 4.01. The van der Waals surface area contributed by atoms with Crippen LogP contribution < -0.4 is 4.74 Å². The van der Waals surface area contributed by atoms with Crippen LogP contribution in [0.15, 0.2) is 16.7 Å². The Morgan fingerprint density at radius 2 is 2.21 bits per heavy atom. The van der Waals surface area contributed by atoms with Crippen molar-refractivity contribution in [3.63, 3.8) is 0 Å². The van der Waals surface area contributed by atoms with Gasteiger partial charge in [0.15, 0.2) is 0 Å². The lowest BCUT2D eigenvalue weighted by atomic mass is 10.3. The molecule has 0 radical (unpaired) electrons. The van der Waals surface area contributed by atoms with Gasteiger partial charge in [0.1, 0.15) is 12.1 Å². The smallest absolute Gasteiger partial charge is 0.315 e. The second-order valence-corrected chi connectivity index (χ2v) is 3.45. The SMILES string of the molecule is CCOC(=O)Cc1nc(-c2ccc(OC)nn2)no1. The number of aromatic nitrogens is 4. The lowest BCUT2D eigenvalue weighted by Gasteiger charge is -1.97. The predicted octanol–water partition coefficient (Wildman–Crippen LogP) is 0.641. The summed E-state index contributed by atoms with van der Waals surface area (Å²) in [6.07, 6.45) is -0.0651. The van der Waals surface area contributed by atoms with E-state index in [0.29, 0.717) is 18.2 Å². The zero-order valence-corrected chi connectivity index (χ0v) is 10.5. The molecule has 0 atom stereocenters. The molecule has 0 bridgehead atoms. The van der Waals surface area contributed by atoms with Crippen molar-refractivity contribution in [2.24, 2.45) is 0 Å². The summed E-state index contributed by atoms with van der Waals surface area (Å²) < 4.78 is 14.6. The molecule has 2 aromatic heterocycles. The van der Waals surface area contributed by atoms with E-state index >= 15 is 0 Å². The third-order valence-electron chi connectivity index (χ3n) is 2.15. The Hall–Kier alpha value is -2.51. The molecule has 0 saturated heterocycles. The van der Waals surface area contributed by atoms with Crippen LogP contribution in [0.25, 0.3) is 11.5 Å². The zero-order chi connectivity index (χ0) is 13.7. The van der Waals surface area contributed by atoms with Gasteiger partial charge in [-0.25, -0.2) is 0 Å². The molecule has 100 valence electrons. The van der Waals surface area contributed by atoms with Crippen LogP contribution in [0.4, 0.5) is 0 Å². The fraction of sp³-hybridized carbons (Fsp3) is 0.364. The molecule has 2 aromatic rings. The van der Waals surface area contributed by atoms with Crippen LogP contribution in [0.5, 0.6) is 5.88 Å². The minimum atomic E-state index is -0.418. The monoisotopic (exact) mass is 264 g/mol. The number of hydrogen-bond acceptors (Lipinski definition) is 8. The molecule has 0 amide bonds. The van der Waals surface area contributed by atoms with E-state index in [2.05, 4.69) is 20.3 Å². The highest BCUT2D eigenvalue weighted by Gasteiger charge is 2.14. The molecule has 0 aliphatic rings. The van der Waals surface area contributed by atoms with Crippen molar-refractivity contribution in [2.75, 3.05) is 13.7 Å². The van der Waals surface area contributed by atoms with Crippen molar-refractivity contribution in [3.8, 4) is 17.4 Å². The fourth-order valence-corrected chi connectivity index (χ4v) is 1.31. The highest BCUT2D eigenvalue weighted by Crippen LogP contribution is 2.14. The van der Waals surface area contributed by atoms with Gasteiger partial charge in [0.2, 0.25) is 17.6 Å². The molecular formula is C11H12N4O4. The van der Waals surface area contributed by atoms with Crippen molar-refractivity contribution in [1.29, 1.82) is 0 Å². The van der Waals surface area contributed by atoms with Crippen LogP contribution in [0.2, 0.25) is 0 Å². The normalized spacial score (nSPS) is 10.2. The van der Waals surface area contributed by atoms with E-state index in [9.17, 15) is 4.79 Å². The van der Waals surface area contributed by atoms with Crippen LogP contribution in [-0.4, -0.2) is 40.0 Å². The molecule has 0 saturated carbocycles. The van der Waals surface area contributed by atoms with Gasteiger partial charge in [-0.05, 0) is 13.0 Å². The lowest BCUT2D eigenvalue weighted by Crippen LogP contribution is -2.07. The Morgan fingerprint density at radius 3 is 2.84 bits per heavy atom. The maximum Gasteiger partial charge on any atom is 0.315 e.